The number of carbonyl (C=O) groups excluding carboxylic acids is 1. The van der Waals surface area contributed by atoms with Crippen LogP contribution in [0, 0.1) is 6.92 Å². The molecule has 3 aromatic rings. The molecule has 0 aromatic carbocycles. The zero-order valence-electron chi connectivity index (χ0n) is 14.2. The molecule has 1 unspecified atom stereocenters. The van der Waals surface area contributed by atoms with Crippen LogP contribution >= 0.6 is 0 Å². The van der Waals surface area contributed by atoms with Crippen LogP contribution in [0.3, 0.4) is 0 Å². The molecule has 9 heteroatoms. The van der Waals surface area contributed by atoms with Gasteiger partial charge in [-0.25, -0.2) is 15.0 Å². The molecule has 0 spiro atoms. The lowest BCUT2D eigenvalue weighted by Crippen LogP contribution is -2.39. The second kappa shape index (κ2) is 6.87. The molecule has 1 amide bonds. The molecular formula is C17H17N7O2. The molecule has 26 heavy (non-hydrogen) atoms. The fourth-order valence-corrected chi connectivity index (χ4v) is 2.80. The van der Waals surface area contributed by atoms with Gasteiger partial charge in [-0.2, -0.15) is 5.10 Å². The number of amides is 1. The highest BCUT2D eigenvalue weighted by Crippen LogP contribution is 2.17. The van der Waals surface area contributed by atoms with E-state index in [4.69, 9.17) is 4.74 Å². The van der Waals surface area contributed by atoms with Crippen molar-refractivity contribution in [2.45, 2.75) is 26.1 Å². The number of aromatic nitrogens is 6. The Morgan fingerprint density at radius 3 is 2.73 bits per heavy atom. The van der Waals surface area contributed by atoms with Crippen molar-refractivity contribution in [2.75, 3.05) is 6.54 Å². The highest BCUT2D eigenvalue weighted by Gasteiger charge is 2.28. The second-order valence-corrected chi connectivity index (χ2v) is 6.00. The van der Waals surface area contributed by atoms with E-state index < -0.39 is 0 Å². The van der Waals surface area contributed by atoms with Crippen molar-refractivity contribution in [2.24, 2.45) is 0 Å². The van der Waals surface area contributed by atoms with Crippen molar-refractivity contribution in [1.82, 2.24) is 34.6 Å². The van der Waals surface area contributed by atoms with E-state index in [-0.39, 0.29) is 18.0 Å². The van der Waals surface area contributed by atoms with E-state index in [1.807, 2.05) is 17.7 Å². The van der Waals surface area contributed by atoms with Crippen molar-refractivity contribution in [3.05, 3.63) is 60.2 Å². The summed E-state index contributed by atoms with van der Waals surface area (Å²) < 4.78 is 7.72. The maximum absolute atomic E-state index is 12.9. The molecule has 0 saturated carbocycles. The summed E-state index contributed by atoms with van der Waals surface area (Å²) in [6.45, 7) is 3.12. The Morgan fingerprint density at radius 2 is 1.96 bits per heavy atom. The highest BCUT2D eigenvalue weighted by atomic mass is 16.5. The Balaban J connectivity index is 1.59. The van der Waals surface area contributed by atoms with Gasteiger partial charge in [0.15, 0.2) is 0 Å². The van der Waals surface area contributed by atoms with E-state index in [1.165, 1.54) is 6.20 Å². The lowest BCUT2D eigenvalue weighted by atomic mass is 10.3. The van der Waals surface area contributed by atoms with Gasteiger partial charge in [0.25, 0.3) is 5.91 Å². The Labute approximate surface area is 149 Å². The lowest BCUT2D eigenvalue weighted by Gasteiger charge is -2.23. The van der Waals surface area contributed by atoms with Crippen molar-refractivity contribution in [3.8, 4) is 6.01 Å². The van der Waals surface area contributed by atoms with Crippen LogP contribution < -0.4 is 4.74 Å². The number of carbonyl (C=O) groups is 1. The molecule has 4 heterocycles. The Kier molecular flexibility index (Phi) is 4.26. The Hall–Kier alpha value is -3.36. The van der Waals surface area contributed by atoms with Crippen LogP contribution in [0.1, 0.15) is 21.9 Å². The van der Waals surface area contributed by atoms with Crippen LogP contribution in [0.2, 0.25) is 0 Å². The molecule has 132 valence electrons. The van der Waals surface area contributed by atoms with Crippen molar-refractivity contribution >= 4 is 5.91 Å². The zero-order valence-corrected chi connectivity index (χ0v) is 14.2. The van der Waals surface area contributed by atoms with Crippen molar-refractivity contribution < 1.29 is 9.53 Å². The third-order valence-corrected chi connectivity index (χ3v) is 4.06. The van der Waals surface area contributed by atoms with E-state index in [0.29, 0.717) is 25.3 Å². The standard InChI is InChI=1S/C17H17N7O2/c1-12-7-21-15(8-20-12)16(25)23-9-13-3-6-22-24(13)11-14(10-23)26-17-18-4-2-5-19-17/h2-8,14H,9-11H2,1H3. The maximum Gasteiger partial charge on any atom is 0.316 e. The van der Waals surface area contributed by atoms with E-state index in [2.05, 4.69) is 25.0 Å². The van der Waals surface area contributed by atoms with Gasteiger partial charge in [0.1, 0.15) is 11.8 Å². The minimum Gasteiger partial charge on any atom is -0.456 e. The molecule has 0 radical (unpaired) electrons. The highest BCUT2D eigenvalue weighted by molar-refractivity contribution is 5.92. The number of aryl methyl sites for hydroxylation is 1. The Morgan fingerprint density at radius 1 is 1.12 bits per heavy atom. The predicted octanol–water partition coefficient (Wildman–Crippen LogP) is 0.875. The van der Waals surface area contributed by atoms with Gasteiger partial charge in [-0.05, 0) is 19.1 Å². The van der Waals surface area contributed by atoms with E-state index >= 15 is 0 Å². The number of hydrogen-bond acceptors (Lipinski definition) is 7. The van der Waals surface area contributed by atoms with Crippen molar-refractivity contribution in [1.29, 1.82) is 0 Å². The monoisotopic (exact) mass is 351 g/mol. The van der Waals surface area contributed by atoms with Gasteiger partial charge in [0, 0.05) is 24.8 Å². The van der Waals surface area contributed by atoms with Crippen LogP contribution in [-0.2, 0) is 13.1 Å². The van der Waals surface area contributed by atoms with Gasteiger partial charge in [-0.1, -0.05) is 0 Å². The fraction of sp³-hybridized carbons (Fsp3) is 0.294. The largest absolute Gasteiger partial charge is 0.456 e. The smallest absolute Gasteiger partial charge is 0.316 e. The zero-order chi connectivity index (χ0) is 17.9. The summed E-state index contributed by atoms with van der Waals surface area (Å²) in [6, 6.07) is 3.88. The van der Waals surface area contributed by atoms with Gasteiger partial charge in [-0.3, -0.25) is 14.5 Å². The molecule has 0 fully saturated rings. The summed E-state index contributed by atoms with van der Waals surface area (Å²) in [4.78, 5) is 31.1. The van der Waals surface area contributed by atoms with Gasteiger partial charge in [-0.15, -0.1) is 0 Å². The average Bonchev–Trinajstić information content (AvgIpc) is 3.01. The molecular weight excluding hydrogens is 334 g/mol. The lowest BCUT2D eigenvalue weighted by molar-refractivity contribution is 0.0631. The van der Waals surface area contributed by atoms with E-state index in [1.54, 1.807) is 35.8 Å². The van der Waals surface area contributed by atoms with Gasteiger partial charge in [0.2, 0.25) is 0 Å². The first-order chi connectivity index (χ1) is 12.7. The number of rotatable bonds is 3. The third kappa shape index (κ3) is 3.37. The number of fused-ring (bicyclic) bond motifs is 1. The summed E-state index contributed by atoms with van der Waals surface area (Å²) >= 11 is 0. The summed E-state index contributed by atoms with van der Waals surface area (Å²) in [5, 5.41) is 4.32. The minimum absolute atomic E-state index is 0.199. The molecule has 1 aliphatic rings. The molecule has 4 rings (SSSR count). The summed E-state index contributed by atoms with van der Waals surface area (Å²) in [5.41, 5.74) is 2.00. The van der Waals surface area contributed by atoms with Crippen molar-refractivity contribution in [3.63, 3.8) is 0 Å². The minimum atomic E-state index is -0.332. The van der Waals surface area contributed by atoms with Crippen LogP contribution in [0.5, 0.6) is 6.01 Å². The first-order valence-electron chi connectivity index (χ1n) is 8.21. The van der Waals surface area contributed by atoms with Crippen LogP contribution in [0.4, 0.5) is 0 Å². The third-order valence-electron chi connectivity index (χ3n) is 4.06. The maximum atomic E-state index is 12.9. The van der Waals surface area contributed by atoms with Gasteiger partial charge >= 0.3 is 6.01 Å². The predicted molar refractivity (Wildman–Crippen MR) is 90.2 cm³/mol. The first kappa shape index (κ1) is 16.1. The van der Waals surface area contributed by atoms with Crippen LogP contribution in [-0.4, -0.2) is 53.2 Å². The molecule has 0 aliphatic carbocycles. The molecule has 9 nitrogen and oxygen atoms in total. The van der Waals surface area contributed by atoms with Gasteiger partial charge in [0.05, 0.1) is 37.2 Å². The number of nitrogens with zero attached hydrogens (tertiary/aromatic N) is 7. The SMILES string of the molecule is Cc1cnc(C(=O)N2Cc3ccnn3CC(Oc3ncccn3)C2)cn1. The quantitative estimate of drug-likeness (QED) is 0.690. The van der Waals surface area contributed by atoms with Crippen LogP contribution in [0.15, 0.2) is 43.1 Å². The fourth-order valence-electron chi connectivity index (χ4n) is 2.80. The number of ether oxygens (including phenoxy) is 1. The second-order valence-electron chi connectivity index (χ2n) is 6.00. The number of hydrogen-bond donors (Lipinski definition) is 0. The molecule has 0 bridgehead atoms. The molecule has 0 saturated heterocycles. The van der Waals surface area contributed by atoms with Gasteiger partial charge < -0.3 is 9.64 Å². The van der Waals surface area contributed by atoms with E-state index in [9.17, 15) is 4.79 Å². The first-order valence-corrected chi connectivity index (χ1v) is 8.21. The van der Waals surface area contributed by atoms with Crippen LogP contribution in [0.25, 0.3) is 0 Å². The van der Waals surface area contributed by atoms with E-state index in [0.717, 1.165) is 11.4 Å². The normalized spacial score (nSPS) is 16.7. The molecule has 0 N–H and O–H groups in total. The average molecular weight is 351 g/mol. The molecule has 3 aromatic heterocycles. The summed E-state index contributed by atoms with van der Waals surface area (Å²) in [5.74, 6) is -0.199. The molecule has 1 aliphatic heterocycles. The topological polar surface area (TPSA) is 98.9 Å². The summed E-state index contributed by atoms with van der Waals surface area (Å²) in [6.07, 6.45) is 7.69. The molecule has 1 atom stereocenters. The Bertz CT molecular complexity index is 895. The summed E-state index contributed by atoms with van der Waals surface area (Å²) in [7, 11) is 0.